The Morgan fingerprint density at radius 3 is 2.60 bits per heavy atom. The van der Waals surface area contributed by atoms with Gasteiger partial charge >= 0.3 is 0 Å². The van der Waals surface area contributed by atoms with Gasteiger partial charge in [-0.2, -0.15) is 0 Å². The summed E-state index contributed by atoms with van der Waals surface area (Å²) < 4.78 is 13.4. The maximum Gasteiger partial charge on any atom is 0.251 e. The highest BCUT2D eigenvalue weighted by molar-refractivity contribution is 9.09. The topological polar surface area (TPSA) is 29.1 Å². The molecule has 20 heavy (non-hydrogen) atoms. The summed E-state index contributed by atoms with van der Waals surface area (Å²) in [6.07, 6.45) is 4.18. The third-order valence-corrected chi connectivity index (χ3v) is 5.24. The van der Waals surface area contributed by atoms with Crippen molar-refractivity contribution in [2.24, 2.45) is 5.92 Å². The fraction of sp³-hybridized carbons (Fsp3) is 0.562. The van der Waals surface area contributed by atoms with Crippen molar-refractivity contribution in [3.05, 3.63) is 35.1 Å². The fourth-order valence-electron chi connectivity index (χ4n) is 2.79. The van der Waals surface area contributed by atoms with Crippen molar-refractivity contribution in [3.63, 3.8) is 0 Å². The molecule has 2 nitrogen and oxygen atoms in total. The Morgan fingerprint density at radius 1 is 1.40 bits per heavy atom. The van der Waals surface area contributed by atoms with E-state index >= 15 is 0 Å². The predicted molar refractivity (Wildman–Crippen MR) is 82.8 cm³/mol. The lowest BCUT2D eigenvalue weighted by molar-refractivity contribution is 0.0874. The van der Waals surface area contributed by atoms with Crippen LogP contribution in [0.5, 0.6) is 0 Å². The van der Waals surface area contributed by atoms with E-state index in [1.807, 2.05) is 0 Å². The first-order valence-electron chi connectivity index (χ1n) is 7.10. The lowest BCUT2D eigenvalue weighted by atomic mass is 9.78. The largest absolute Gasteiger partial charge is 0.346 e. The van der Waals surface area contributed by atoms with Crippen molar-refractivity contribution < 1.29 is 9.18 Å². The normalized spacial score (nSPS) is 26.3. The predicted octanol–water partition coefficient (Wildman–Crippen LogP) is 4.21. The lowest BCUT2D eigenvalue weighted by Gasteiger charge is -2.39. The number of rotatable bonds is 3. The molecule has 0 aliphatic heterocycles. The van der Waals surface area contributed by atoms with Crippen LogP contribution >= 0.6 is 15.9 Å². The van der Waals surface area contributed by atoms with E-state index in [-0.39, 0.29) is 17.3 Å². The molecule has 1 saturated carbocycles. The fourth-order valence-corrected chi connectivity index (χ4v) is 3.49. The maximum atomic E-state index is 13.4. The molecule has 1 aromatic carbocycles. The molecule has 0 bridgehead atoms. The van der Waals surface area contributed by atoms with Crippen molar-refractivity contribution in [2.75, 3.05) is 5.33 Å². The second-order valence-electron chi connectivity index (χ2n) is 6.07. The Kier molecular flexibility index (Phi) is 4.84. The smallest absolute Gasteiger partial charge is 0.251 e. The number of aryl methyl sites for hydroxylation is 1. The van der Waals surface area contributed by atoms with E-state index in [9.17, 15) is 9.18 Å². The van der Waals surface area contributed by atoms with Crippen LogP contribution < -0.4 is 5.32 Å². The molecule has 1 aliphatic rings. The Labute approximate surface area is 128 Å². The number of carbonyl (C=O) groups excluding carboxylic acids is 1. The molecule has 0 saturated heterocycles. The molecule has 1 aromatic rings. The first kappa shape index (κ1) is 15.5. The van der Waals surface area contributed by atoms with Crippen molar-refractivity contribution in [1.82, 2.24) is 5.32 Å². The lowest BCUT2D eigenvalue weighted by Crippen LogP contribution is -2.52. The van der Waals surface area contributed by atoms with Crippen molar-refractivity contribution >= 4 is 21.8 Å². The van der Waals surface area contributed by atoms with E-state index in [4.69, 9.17) is 0 Å². The molecule has 0 atom stereocenters. The molecular formula is C16H21BrFNO. The molecule has 0 aromatic heterocycles. The van der Waals surface area contributed by atoms with Crippen LogP contribution in [0.3, 0.4) is 0 Å². The third-order valence-electron chi connectivity index (χ3n) is 4.17. The van der Waals surface area contributed by atoms with Crippen LogP contribution in [-0.2, 0) is 0 Å². The van der Waals surface area contributed by atoms with Crippen LogP contribution in [0.1, 0.15) is 48.5 Å². The number of hydrogen-bond acceptors (Lipinski definition) is 1. The molecule has 0 unspecified atom stereocenters. The van der Waals surface area contributed by atoms with Gasteiger partial charge in [0.05, 0.1) is 5.54 Å². The van der Waals surface area contributed by atoms with Gasteiger partial charge in [-0.1, -0.05) is 22.9 Å². The summed E-state index contributed by atoms with van der Waals surface area (Å²) in [5.41, 5.74) is 0.978. The second kappa shape index (κ2) is 6.25. The first-order valence-corrected chi connectivity index (χ1v) is 8.22. The van der Waals surface area contributed by atoms with Gasteiger partial charge in [0.2, 0.25) is 0 Å². The molecular weight excluding hydrogens is 321 g/mol. The molecule has 1 aliphatic carbocycles. The monoisotopic (exact) mass is 341 g/mol. The van der Waals surface area contributed by atoms with Gasteiger partial charge in [0.15, 0.2) is 0 Å². The molecule has 0 heterocycles. The van der Waals surface area contributed by atoms with Crippen LogP contribution in [0.15, 0.2) is 18.2 Å². The molecule has 0 spiro atoms. The highest BCUT2D eigenvalue weighted by Crippen LogP contribution is 2.33. The van der Waals surface area contributed by atoms with Crippen molar-refractivity contribution in [3.8, 4) is 0 Å². The number of hydrogen-bond donors (Lipinski definition) is 1. The third kappa shape index (κ3) is 3.60. The van der Waals surface area contributed by atoms with E-state index in [1.165, 1.54) is 12.1 Å². The number of carbonyl (C=O) groups is 1. The zero-order valence-corrected chi connectivity index (χ0v) is 13.6. The maximum absolute atomic E-state index is 13.4. The van der Waals surface area contributed by atoms with Gasteiger partial charge in [-0.15, -0.1) is 0 Å². The van der Waals surface area contributed by atoms with E-state index in [0.717, 1.165) is 42.5 Å². The zero-order valence-electron chi connectivity index (χ0n) is 12.0. The second-order valence-corrected chi connectivity index (χ2v) is 6.63. The summed E-state index contributed by atoms with van der Waals surface area (Å²) in [6, 6.07) is 4.46. The molecule has 2 rings (SSSR count). The summed E-state index contributed by atoms with van der Waals surface area (Å²) in [5, 5.41) is 3.86. The molecule has 110 valence electrons. The molecule has 0 radical (unpaired) electrons. The molecule has 4 heteroatoms. The van der Waals surface area contributed by atoms with Crippen molar-refractivity contribution in [1.29, 1.82) is 0 Å². The zero-order chi connectivity index (χ0) is 14.8. The first-order chi connectivity index (χ1) is 9.44. The molecule has 1 fully saturated rings. The average Bonchev–Trinajstić information content (AvgIpc) is 2.40. The minimum Gasteiger partial charge on any atom is -0.346 e. The SMILES string of the molecule is Cc1cc(F)cc(C(=O)NC2(CBr)CCC(C)CC2)c1. The Balaban J connectivity index is 2.13. The van der Waals surface area contributed by atoms with Gasteiger partial charge in [0.1, 0.15) is 5.82 Å². The van der Waals surface area contributed by atoms with Crippen LogP contribution in [0.2, 0.25) is 0 Å². The number of benzene rings is 1. The number of halogens is 2. The molecule has 1 amide bonds. The highest BCUT2D eigenvalue weighted by atomic mass is 79.9. The van der Waals surface area contributed by atoms with Gasteiger partial charge < -0.3 is 5.32 Å². The van der Waals surface area contributed by atoms with Gasteiger partial charge in [-0.25, -0.2) is 4.39 Å². The van der Waals surface area contributed by atoms with Crippen LogP contribution in [0, 0.1) is 18.7 Å². The highest BCUT2D eigenvalue weighted by Gasteiger charge is 2.34. The summed E-state index contributed by atoms with van der Waals surface area (Å²) in [5.74, 6) is 0.178. The number of amides is 1. The van der Waals surface area contributed by atoms with E-state index in [1.54, 1.807) is 13.0 Å². The van der Waals surface area contributed by atoms with Crippen molar-refractivity contribution in [2.45, 2.75) is 45.1 Å². The Morgan fingerprint density at radius 2 is 2.05 bits per heavy atom. The Bertz CT molecular complexity index is 475. The number of alkyl halides is 1. The minimum atomic E-state index is -0.361. The summed E-state index contributed by atoms with van der Waals surface area (Å²) >= 11 is 3.53. The minimum absolute atomic E-state index is 0.179. The van der Waals surface area contributed by atoms with E-state index in [0.29, 0.717) is 5.56 Å². The summed E-state index contributed by atoms with van der Waals surface area (Å²) in [7, 11) is 0. The van der Waals surface area contributed by atoms with Crippen LogP contribution in [-0.4, -0.2) is 16.8 Å². The number of nitrogens with one attached hydrogen (secondary N) is 1. The standard InChI is InChI=1S/C16H21BrFNO/c1-11-3-5-16(10-17,6-4-11)19-15(20)13-7-12(2)8-14(18)9-13/h7-9,11H,3-6,10H2,1-2H3,(H,19,20). The quantitative estimate of drug-likeness (QED) is 0.820. The van der Waals surface area contributed by atoms with E-state index < -0.39 is 0 Å². The summed E-state index contributed by atoms with van der Waals surface area (Å²) in [4.78, 5) is 12.4. The molecule has 1 N–H and O–H groups in total. The van der Waals surface area contributed by atoms with Gasteiger partial charge in [-0.3, -0.25) is 4.79 Å². The average molecular weight is 342 g/mol. The summed E-state index contributed by atoms with van der Waals surface area (Å²) in [6.45, 7) is 4.04. The van der Waals surface area contributed by atoms with Crippen LogP contribution in [0.25, 0.3) is 0 Å². The van der Waals surface area contributed by atoms with Gasteiger partial charge in [0.25, 0.3) is 5.91 Å². The van der Waals surface area contributed by atoms with Gasteiger partial charge in [-0.05, 0) is 62.3 Å². The van der Waals surface area contributed by atoms with Gasteiger partial charge in [0, 0.05) is 10.9 Å². The Hall–Kier alpha value is -0.900. The van der Waals surface area contributed by atoms with E-state index in [2.05, 4.69) is 28.2 Å². The van der Waals surface area contributed by atoms with Crippen LogP contribution in [0.4, 0.5) is 4.39 Å².